The number of morpholine rings is 1. The third-order valence-corrected chi connectivity index (χ3v) is 4.02. The molecule has 30 heavy (non-hydrogen) atoms. The number of ether oxygens (including phenoxy) is 1. The molecule has 0 aromatic heterocycles. The van der Waals surface area contributed by atoms with Crippen LogP contribution in [0.15, 0.2) is 48.5 Å². The Morgan fingerprint density at radius 3 is 2.50 bits per heavy atom. The number of anilines is 1. The smallest absolute Gasteiger partial charge is 0.293 e. The van der Waals surface area contributed by atoms with Crippen molar-refractivity contribution in [2.75, 3.05) is 37.8 Å². The summed E-state index contributed by atoms with van der Waals surface area (Å²) in [4.78, 5) is 23.4. The largest absolute Gasteiger partial charge is 0.377 e. The van der Waals surface area contributed by atoms with Gasteiger partial charge < -0.3 is 15.4 Å². The van der Waals surface area contributed by atoms with Gasteiger partial charge in [0.25, 0.3) is 5.69 Å². The normalized spacial score (nSPS) is 16.1. The fourth-order valence-electron chi connectivity index (χ4n) is 2.70. The van der Waals surface area contributed by atoms with Crippen molar-refractivity contribution in [1.29, 1.82) is 0 Å². The zero-order valence-corrected chi connectivity index (χ0v) is 17.2. The first-order valence-electron chi connectivity index (χ1n) is 9.07. The van der Waals surface area contributed by atoms with Gasteiger partial charge >= 0.3 is 0 Å². The molecule has 2 aromatic rings. The molecule has 3 rings (SSSR count). The molecule has 0 radical (unpaired) electrons. The number of primary sulfonamides is 1. The Bertz CT molecular complexity index is 968. The van der Waals surface area contributed by atoms with Gasteiger partial charge in [-0.15, -0.1) is 0 Å². The summed E-state index contributed by atoms with van der Waals surface area (Å²) in [5.74, 6) is -0.241. The number of rotatable bonds is 6. The molecule has 1 atom stereocenters. The lowest BCUT2D eigenvalue weighted by molar-refractivity contribution is -0.384. The lowest BCUT2D eigenvalue weighted by Crippen LogP contribution is -2.42. The summed E-state index contributed by atoms with van der Waals surface area (Å²) in [6, 6.07) is 13.2. The fourth-order valence-corrected chi connectivity index (χ4v) is 2.70. The van der Waals surface area contributed by atoms with Crippen LogP contribution in [0, 0.1) is 10.1 Å². The molecule has 1 heterocycles. The molecule has 162 valence electrons. The third-order valence-electron chi connectivity index (χ3n) is 4.02. The predicted octanol–water partition coefficient (Wildman–Crippen LogP) is 1.13. The zero-order valence-electron chi connectivity index (χ0n) is 16.4. The second-order valence-electron chi connectivity index (χ2n) is 6.59. The molecule has 1 aliphatic rings. The molecule has 0 bridgehead atoms. The van der Waals surface area contributed by atoms with Crippen molar-refractivity contribution in [2.45, 2.75) is 6.10 Å². The second-order valence-corrected chi connectivity index (χ2v) is 8.25. The van der Waals surface area contributed by atoms with E-state index in [1.165, 1.54) is 6.07 Å². The average molecular weight is 436 g/mol. The lowest BCUT2D eigenvalue weighted by atomic mass is 10.0. The number of hydrogen-bond acceptors (Lipinski definition) is 8. The molecule has 0 spiro atoms. The summed E-state index contributed by atoms with van der Waals surface area (Å²) in [6.45, 7) is 2.59. The van der Waals surface area contributed by atoms with Gasteiger partial charge in [0.15, 0.2) is 5.78 Å². The summed E-state index contributed by atoms with van der Waals surface area (Å²) in [7, 11) is -3.17. The van der Waals surface area contributed by atoms with E-state index >= 15 is 0 Å². The molecule has 2 aromatic carbocycles. The monoisotopic (exact) mass is 436 g/mol. The van der Waals surface area contributed by atoms with Crippen LogP contribution in [-0.4, -0.2) is 57.7 Å². The number of carbonyl (C=O) groups is 1. The van der Waals surface area contributed by atoms with Gasteiger partial charge in [0.2, 0.25) is 10.0 Å². The minimum Gasteiger partial charge on any atom is -0.377 e. The van der Waals surface area contributed by atoms with Gasteiger partial charge in [0.1, 0.15) is 5.69 Å². The Hall–Kier alpha value is -2.86. The maximum Gasteiger partial charge on any atom is 0.293 e. The first kappa shape index (κ1) is 23.4. The van der Waals surface area contributed by atoms with Crippen molar-refractivity contribution in [3.8, 4) is 0 Å². The topological polar surface area (TPSA) is 154 Å². The standard InChI is InChI=1S/C18H19N3O4.CH5NO2S/c22-18(13-4-2-1-3-5-13)14-6-7-16(17(10-14)21(23)24)20-12-15-11-19-8-9-25-15;1-5(2,3)4/h1-7,10,15,19-20H,8-9,11-12H2;1H3,(H2,2,3,4). The molecule has 0 aliphatic carbocycles. The molecule has 10 nitrogen and oxygen atoms in total. The SMILES string of the molecule is CS(N)(=O)=O.O=C(c1ccccc1)c1ccc(NCC2CNCCO2)c([N+](=O)[O-])c1. The number of sulfonamides is 1. The van der Waals surface area contributed by atoms with Crippen LogP contribution in [0.5, 0.6) is 0 Å². The molecule has 0 amide bonds. The van der Waals surface area contributed by atoms with Crippen molar-refractivity contribution in [1.82, 2.24) is 5.32 Å². The molecule has 1 aliphatic heterocycles. The van der Waals surface area contributed by atoms with Crippen LogP contribution in [0.4, 0.5) is 11.4 Å². The van der Waals surface area contributed by atoms with E-state index in [0.717, 1.165) is 12.8 Å². The van der Waals surface area contributed by atoms with Crippen LogP contribution in [0.2, 0.25) is 0 Å². The van der Waals surface area contributed by atoms with Crippen LogP contribution < -0.4 is 15.8 Å². The number of nitro benzene ring substituents is 1. The Balaban J connectivity index is 0.000000575. The maximum absolute atomic E-state index is 12.5. The van der Waals surface area contributed by atoms with E-state index in [-0.39, 0.29) is 17.6 Å². The van der Waals surface area contributed by atoms with Crippen molar-refractivity contribution < 1.29 is 22.9 Å². The van der Waals surface area contributed by atoms with Crippen LogP contribution in [0.3, 0.4) is 0 Å². The van der Waals surface area contributed by atoms with E-state index in [2.05, 4.69) is 15.8 Å². The summed E-state index contributed by atoms with van der Waals surface area (Å²) >= 11 is 0. The predicted molar refractivity (Wildman–Crippen MR) is 113 cm³/mol. The van der Waals surface area contributed by atoms with Gasteiger partial charge in [-0.1, -0.05) is 30.3 Å². The Kier molecular flexibility index (Phi) is 8.42. The van der Waals surface area contributed by atoms with Crippen LogP contribution in [0.25, 0.3) is 0 Å². The quantitative estimate of drug-likeness (QED) is 0.346. The highest BCUT2D eigenvalue weighted by molar-refractivity contribution is 7.88. The number of nitrogens with two attached hydrogens (primary N) is 1. The van der Waals surface area contributed by atoms with Crippen molar-refractivity contribution in [2.24, 2.45) is 5.14 Å². The van der Waals surface area contributed by atoms with E-state index in [9.17, 15) is 23.3 Å². The fraction of sp³-hybridized carbons (Fsp3) is 0.316. The molecule has 1 saturated heterocycles. The third kappa shape index (κ3) is 7.87. The zero-order chi connectivity index (χ0) is 22.1. The highest BCUT2D eigenvalue weighted by Gasteiger charge is 2.20. The van der Waals surface area contributed by atoms with E-state index in [0.29, 0.717) is 36.5 Å². The summed E-state index contributed by atoms with van der Waals surface area (Å²) in [5, 5.41) is 22.0. The number of nitrogens with zero attached hydrogens (tertiary/aromatic N) is 1. The Morgan fingerprint density at radius 2 is 1.93 bits per heavy atom. The minimum absolute atomic E-state index is 0.0426. The summed E-state index contributed by atoms with van der Waals surface area (Å²) in [5.41, 5.74) is 1.05. The molecule has 0 saturated carbocycles. The van der Waals surface area contributed by atoms with Gasteiger partial charge in [-0.3, -0.25) is 14.9 Å². The first-order chi connectivity index (χ1) is 14.1. The van der Waals surface area contributed by atoms with Crippen molar-refractivity contribution in [3.63, 3.8) is 0 Å². The molecule has 1 unspecified atom stereocenters. The lowest BCUT2D eigenvalue weighted by Gasteiger charge is -2.24. The minimum atomic E-state index is -3.17. The number of ketones is 1. The molecule has 1 fully saturated rings. The number of hydrogen-bond donors (Lipinski definition) is 3. The van der Waals surface area contributed by atoms with E-state index in [1.54, 1.807) is 36.4 Å². The Morgan fingerprint density at radius 1 is 1.27 bits per heavy atom. The molecule has 11 heteroatoms. The summed E-state index contributed by atoms with van der Waals surface area (Å²) < 4.78 is 24.4. The van der Waals surface area contributed by atoms with Crippen LogP contribution in [-0.2, 0) is 14.8 Å². The molecule has 4 N–H and O–H groups in total. The number of benzene rings is 2. The Labute approximate surface area is 174 Å². The van der Waals surface area contributed by atoms with E-state index in [4.69, 9.17) is 4.74 Å². The molecular weight excluding hydrogens is 412 g/mol. The maximum atomic E-state index is 12.5. The van der Waals surface area contributed by atoms with Crippen molar-refractivity contribution in [3.05, 3.63) is 69.8 Å². The first-order valence-corrected chi connectivity index (χ1v) is 11.0. The molecular formula is C19H24N4O6S. The number of carbonyl (C=O) groups excluding carboxylic acids is 1. The van der Waals surface area contributed by atoms with Crippen LogP contribution in [0.1, 0.15) is 15.9 Å². The van der Waals surface area contributed by atoms with Crippen molar-refractivity contribution >= 4 is 27.2 Å². The van der Waals surface area contributed by atoms with Gasteiger partial charge in [0.05, 0.1) is 23.9 Å². The van der Waals surface area contributed by atoms with E-state index in [1.807, 2.05) is 6.07 Å². The second kappa shape index (κ2) is 10.8. The van der Waals surface area contributed by atoms with Crippen LogP contribution >= 0.6 is 0 Å². The van der Waals surface area contributed by atoms with Gasteiger partial charge in [-0.2, -0.15) is 0 Å². The van der Waals surface area contributed by atoms with Gasteiger partial charge in [0, 0.05) is 36.8 Å². The van der Waals surface area contributed by atoms with Gasteiger partial charge in [-0.25, -0.2) is 13.6 Å². The number of nitro groups is 1. The highest BCUT2D eigenvalue weighted by atomic mass is 32.2. The summed E-state index contributed by atoms with van der Waals surface area (Å²) in [6.07, 6.45) is 0.895. The van der Waals surface area contributed by atoms with E-state index < -0.39 is 14.9 Å². The highest BCUT2D eigenvalue weighted by Crippen LogP contribution is 2.27. The average Bonchev–Trinajstić information content (AvgIpc) is 2.72. The van der Waals surface area contributed by atoms with Gasteiger partial charge in [-0.05, 0) is 12.1 Å². The number of nitrogens with one attached hydrogen (secondary N) is 2.